The second-order valence-corrected chi connectivity index (χ2v) is 6.67. The average molecular weight is 409 g/mol. The van der Waals surface area contributed by atoms with Crippen LogP contribution in [0.1, 0.15) is 11.3 Å². The van der Waals surface area contributed by atoms with E-state index in [1.165, 1.54) is 31.4 Å². The van der Waals surface area contributed by atoms with Gasteiger partial charge in [-0.05, 0) is 30.3 Å². The van der Waals surface area contributed by atoms with Crippen LogP contribution in [0.4, 0.5) is 13.2 Å². The third kappa shape index (κ3) is 4.14. The first kappa shape index (κ1) is 20.5. The topological polar surface area (TPSA) is 76.2 Å². The first-order chi connectivity index (χ1) is 13.6. The van der Waals surface area contributed by atoms with Gasteiger partial charge in [0.25, 0.3) is 5.76 Å². The minimum absolute atomic E-state index is 0.00102. The number of methoxy groups -OCH3 is 1. The van der Waals surface area contributed by atoms with Crippen molar-refractivity contribution in [1.29, 1.82) is 0 Å². The Labute approximate surface area is 163 Å². The van der Waals surface area contributed by atoms with Gasteiger partial charge in [0.2, 0.25) is 11.2 Å². The van der Waals surface area contributed by atoms with Gasteiger partial charge < -0.3 is 23.9 Å². The van der Waals surface area contributed by atoms with Crippen molar-refractivity contribution in [2.24, 2.45) is 0 Å². The van der Waals surface area contributed by atoms with E-state index in [1.807, 2.05) is 0 Å². The number of halogens is 3. The molecule has 3 aromatic rings. The summed E-state index contributed by atoms with van der Waals surface area (Å²) in [5.74, 6) is -2.61. The normalized spacial score (nSPS) is 11.8. The number of nitrogens with one attached hydrogen (secondary N) is 1. The second kappa shape index (κ2) is 7.67. The fraction of sp³-hybridized carbons (Fsp3) is 0.250. The molecule has 0 bridgehead atoms. The fourth-order valence-corrected chi connectivity index (χ4v) is 2.84. The third-order valence-corrected chi connectivity index (χ3v) is 4.15. The summed E-state index contributed by atoms with van der Waals surface area (Å²) < 4.78 is 56.3. The molecule has 3 rings (SSSR count). The van der Waals surface area contributed by atoms with E-state index in [2.05, 4.69) is 0 Å². The van der Waals surface area contributed by atoms with Gasteiger partial charge in [0.1, 0.15) is 23.6 Å². The lowest BCUT2D eigenvalue weighted by atomic mass is 10.1. The Bertz CT molecular complexity index is 1090. The lowest BCUT2D eigenvalue weighted by Crippen LogP contribution is -3.04. The maximum atomic E-state index is 13.7. The van der Waals surface area contributed by atoms with Crippen molar-refractivity contribution in [3.05, 3.63) is 57.9 Å². The van der Waals surface area contributed by atoms with Crippen LogP contribution >= 0.6 is 0 Å². The van der Waals surface area contributed by atoms with Gasteiger partial charge in [-0.1, -0.05) is 11.8 Å². The molecule has 1 N–H and O–H groups in total. The standard InChI is InChI=1S/C20H18F3NO5/c1-24(2)10-14-15(25)9-8-13-16(26)18(19(20(21,22)23)29-17(13)14)28-12-6-4-11(27-3)5-7-12/h4-9,25H,10H2,1-3H3. The summed E-state index contributed by atoms with van der Waals surface area (Å²) in [6.45, 7) is 0.0924. The first-order valence-corrected chi connectivity index (χ1v) is 8.59. The zero-order valence-corrected chi connectivity index (χ0v) is 15.8. The molecule has 29 heavy (non-hydrogen) atoms. The Kier molecular flexibility index (Phi) is 5.43. The predicted octanol–water partition coefficient (Wildman–Crippen LogP) is 2.33. The highest BCUT2D eigenvalue weighted by Crippen LogP contribution is 2.39. The maximum absolute atomic E-state index is 13.7. The Morgan fingerprint density at radius 2 is 1.69 bits per heavy atom. The van der Waals surface area contributed by atoms with Crippen molar-refractivity contribution in [2.45, 2.75) is 12.7 Å². The molecule has 154 valence electrons. The Morgan fingerprint density at radius 1 is 1.07 bits per heavy atom. The Balaban J connectivity index is 2.24. The smallest absolute Gasteiger partial charge is 0.453 e. The molecule has 1 heterocycles. The summed E-state index contributed by atoms with van der Waals surface area (Å²) in [5.41, 5.74) is -1.39. The van der Waals surface area contributed by atoms with Crippen LogP contribution in [0.15, 0.2) is 45.6 Å². The average Bonchev–Trinajstić information content (AvgIpc) is 2.65. The summed E-state index contributed by atoms with van der Waals surface area (Å²) in [6.07, 6.45) is -5.00. The van der Waals surface area contributed by atoms with Gasteiger partial charge in [0, 0.05) is 5.56 Å². The van der Waals surface area contributed by atoms with E-state index in [1.54, 1.807) is 14.1 Å². The molecule has 0 spiro atoms. The van der Waals surface area contributed by atoms with E-state index < -0.39 is 28.9 Å². The maximum Gasteiger partial charge on any atom is 0.453 e. The molecular formula is C20H18F3NO5. The van der Waals surface area contributed by atoms with Crippen LogP contribution in [-0.2, 0) is 12.7 Å². The minimum Gasteiger partial charge on any atom is -0.872 e. The zero-order chi connectivity index (χ0) is 21.3. The van der Waals surface area contributed by atoms with E-state index in [0.29, 0.717) is 5.75 Å². The van der Waals surface area contributed by atoms with Crippen molar-refractivity contribution in [3.8, 4) is 23.0 Å². The SMILES string of the molecule is COc1ccc(Oc2c(C(F)(F)F)oc3c(C[NH+](C)C)c([O-])ccc3c2=O)cc1. The van der Waals surface area contributed by atoms with Crippen molar-refractivity contribution >= 4 is 11.0 Å². The van der Waals surface area contributed by atoms with Crippen LogP contribution in [0.25, 0.3) is 11.0 Å². The molecule has 0 fully saturated rings. The lowest BCUT2D eigenvalue weighted by Gasteiger charge is -2.19. The Hall–Kier alpha value is -3.20. The first-order valence-electron chi connectivity index (χ1n) is 8.59. The summed E-state index contributed by atoms with van der Waals surface area (Å²) in [7, 11) is 4.89. The van der Waals surface area contributed by atoms with E-state index in [-0.39, 0.29) is 28.8 Å². The number of quaternary nitrogens is 1. The van der Waals surface area contributed by atoms with Crippen molar-refractivity contribution < 1.29 is 37.1 Å². The molecule has 0 unspecified atom stereocenters. The molecule has 0 saturated carbocycles. The van der Waals surface area contributed by atoms with E-state index in [9.17, 15) is 23.1 Å². The predicted molar refractivity (Wildman–Crippen MR) is 96.5 cm³/mol. The lowest BCUT2D eigenvalue weighted by molar-refractivity contribution is -0.872. The van der Waals surface area contributed by atoms with Crippen molar-refractivity contribution in [2.75, 3.05) is 21.2 Å². The highest BCUT2D eigenvalue weighted by molar-refractivity contribution is 5.83. The highest BCUT2D eigenvalue weighted by Gasteiger charge is 2.41. The second-order valence-electron chi connectivity index (χ2n) is 6.67. The minimum atomic E-state index is -5.00. The molecule has 1 aromatic heterocycles. The largest absolute Gasteiger partial charge is 0.872 e. The summed E-state index contributed by atoms with van der Waals surface area (Å²) in [4.78, 5) is 13.6. The van der Waals surface area contributed by atoms with Gasteiger partial charge in [0.15, 0.2) is 0 Å². The van der Waals surface area contributed by atoms with Crippen molar-refractivity contribution in [1.82, 2.24) is 0 Å². The van der Waals surface area contributed by atoms with Gasteiger partial charge in [0.05, 0.1) is 26.6 Å². The van der Waals surface area contributed by atoms with Crippen LogP contribution in [0.3, 0.4) is 0 Å². The van der Waals surface area contributed by atoms with Gasteiger partial charge in [-0.25, -0.2) is 0 Å². The summed E-state index contributed by atoms with van der Waals surface area (Å²) in [5, 5.41) is 12.0. The van der Waals surface area contributed by atoms with Crippen LogP contribution in [0.5, 0.6) is 23.0 Å². The molecule has 9 heteroatoms. The quantitative estimate of drug-likeness (QED) is 0.700. The van der Waals surface area contributed by atoms with Gasteiger partial charge in [-0.15, -0.1) is 0 Å². The number of benzene rings is 2. The number of hydrogen-bond acceptors (Lipinski definition) is 5. The number of hydrogen-bond donors (Lipinski definition) is 1. The van der Waals surface area contributed by atoms with Gasteiger partial charge in [-0.2, -0.15) is 13.2 Å². The molecule has 0 aliphatic carbocycles. The number of fused-ring (bicyclic) bond motifs is 1. The third-order valence-electron chi connectivity index (χ3n) is 4.15. The number of ether oxygens (including phenoxy) is 2. The molecule has 6 nitrogen and oxygen atoms in total. The molecule has 0 aliphatic rings. The van der Waals surface area contributed by atoms with E-state index >= 15 is 0 Å². The van der Waals surface area contributed by atoms with Crippen LogP contribution in [0, 0.1) is 0 Å². The van der Waals surface area contributed by atoms with Crippen LogP contribution in [0.2, 0.25) is 0 Å². The van der Waals surface area contributed by atoms with Crippen LogP contribution < -0.4 is 24.9 Å². The Morgan fingerprint density at radius 3 is 2.24 bits per heavy atom. The molecular weight excluding hydrogens is 391 g/mol. The highest BCUT2D eigenvalue weighted by atomic mass is 19.4. The van der Waals surface area contributed by atoms with E-state index in [0.717, 1.165) is 17.0 Å². The molecule has 0 aliphatic heterocycles. The zero-order valence-electron chi connectivity index (χ0n) is 15.8. The van der Waals surface area contributed by atoms with Gasteiger partial charge >= 0.3 is 6.18 Å². The molecule has 0 atom stereocenters. The van der Waals surface area contributed by atoms with Gasteiger partial charge in [-0.3, -0.25) is 4.79 Å². The van der Waals surface area contributed by atoms with Crippen LogP contribution in [-0.4, -0.2) is 21.2 Å². The summed E-state index contributed by atoms with van der Waals surface area (Å²) >= 11 is 0. The number of rotatable bonds is 5. The van der Waals surface area contributed by atoms with Crippen molar-refractivity contribution in [3.63, 3.8) is 0 Å². The molecule has 0 amide bonds. The monoisotopic (exact) mass is 409 g/mol. The molecule has 0 radical (unpaired) electrons. The molecule has 0 saturated heterocycles. The fourth-order valence-electron chi connectivity index (χ4n) is 2.84. The number of alkyl halides is 3. The molecule has 2 aromatic carbocycles. The van der Waals surface area contributed by atoms with E-state index in [4.69, 9.17) is 13.9 Å². The summed E-state index contributed by atoms with van der Waals surface area (Å²) in [6, 6.07) is 7.98.